The molecule has 0 bridgehead atoms. The van der Waals surface area contributed by atoms with Crippen molar-refractivity contribution in [1.29, 1.82) is 0 Å². The highest BCUT2D eigenvalue weighted by Gasteiger charge is 2.47. The first-order chi connectivity index (χ1) is 10.6. The number of anilines is 1. The third-order valence-electron chi connectivity index (χ3n) is 4.25. The van der Waals surface area contributed by atoms with Gasteiger partial charge in [0.25, 0.3) is 5.91 Å². The van der Waals surface area contributed by atoms with Crippen molar-refractivity contribution in [2.75, 3.05) is 25.6 Å². The van der Waals surface area contributed by atoms with Crippen molar-refractivity contribution in [3.8, 4) is 5.75 Å². The summed E-state index contributed by atoms with van der Waals surface area (Å²) in [6, 6.07) is 0. The average Bonchev–Trinajstić information content (AvgIpc) is 2.89. The molecule has 22 heavy (non-hydrogen) atoms. The van der Waals surface area contributed by atoms with E-state index < -0.39 is 5.54 Å². The molecule has 0 atom stereocenters. The average molecular weight is 322 g/mol. The molecule has 0 radical (unpaired) electrons. The summed E-state index contributed by atoms with van der Waals surface area (Å²) in [4.78, 5) is 25.2. The Morgan fingerprint density at radius 2 is 2.23 bits per heavy atom. The van der Waals surface area contributed by atoms with Crippen molar-refractivity contribution >= 4 is 41.0 Å². The van der Waals surface area contributed by atoms with Crippen LogP contribution in [0.15, 0.2) is 0 Å². The van der Waals surface area contributed by atoms with Crippen LogP contribution in [-0.4, -0.2) is 45.0 Å². The zero-order valence-electron chi connectivity index (χ0n) is 12.8. The number of methoxy groups -OCH3 is 1. The van der Waals surface area contributed by atoms with Crippen LogP contribution < -0.4 is 20.1 Å². The van der Waals surface area contributed by atoms with E-state index in [1.165, 1.54) is 18.4 Å². The Hall–Kier alpha value is -1.70. The number of nitrogens with one attached hydrogen (secondary N) is 2. The number of amides is 1. The van der Waals surface area contributed by atoms with Gasteiger partial charge in [-0.2, -0.15) is 0 Å². The lowest BCUT2D eigenvalue weighted by Crippen LogP contribution is -2.59. The molecule has 1 amide bonds. The van der Waals surface area contributed by atoms with Gasteiger partial charge in [0, 0.05) is 11.3 Å². The number of esters is 1. The highest BCUT2D eigenvalue weighted by atomic mass is 32.1. The zero-order chi connectivity index (χ0) is 15.7. The molecule has 0 unspecified atom stereocenters. The summed E-state index contributed by atoms with van der Waals surface area (Å²) in [7, 11) is 2.16. The van der Waals surface area contributed by atoms with E-state index >= 15 is 0 Å². The number of thiophene rings is 1. The Morgan fingerprint density at radius 3 is 2.82 bits per heavy atom. The molecule has 6 nitrogen and oxygen atoms in total. The number of carbonyl (C=O) groups excluding carboxylic acids is 2. The van der Waals surface area contributed by atoms with Gasteiger partial charge in [0.15, 0.2) is 7.28 Å². The summed E-state index contributed by atoms with van der Waals surface area (Å²) >= 11 is 1.43. The molecule has 2 aliphatic rings. The lowest BCUT2D eigenvalue weighted by Gasteiger charge is -2.39. The number of hydrogen-bond donors (Lipinski definition) is 2. The van der Waals surface area contributed by atoms with Crippen molar-refractivity contribution in [1.82, 2.24) is 5.32 Å². The fourth-order valence-electron chi connectivity index (χ4n) is 2.88. The lowest BCUT2D eigenvalue weighted by atomic mass is 9.76. The van der Waals surface area contributed by atoms with Gasteiger partial charge in [0.05, 0.1) is 7.11 Å². The highest BCUT2D eigenvalue weighted by molar-refractivity contribution is 7.24. The van der Waals surface area contributed by atoms with Gasteiger partial charge in [-0.1, -0.05) is 6.82 Å². The molecule has 0 aromatic carbocycles. The summed E-state index contributed by atoms with van der Waals surface area (Å²) in [5.41, 5.74) is -0.102. The number of rotatable bonds is 4. The monoisotopic (exact) mass is 322 g/mol. The predicted octanol–water partition coefficient (Wildman–Crippen LogP) is 0.488. The maximum atomic E-state index is 12.7. The van der Waals surface area contributed by atoms with Gasteiger partial charge in [-0.25, -0.2) is 4.79 Å². The summed E-state index contributed by atoms with van der Waals surface area (Å²) in [6.45, 7) is 3.31. The predicted molar refractivity (Wildman–Crippen MR) is 87.0 cm³/mol. The quantitative estimate of drug-likeness (QED) is 0.623. The molecule has 2 heterocycles. The molecular weight excluding hydrogens is 303 g/mol. The number of fused-ring (bicyclic) bond motifs is 1. The second-order valence-electron chi connectivity index (χ2n) is 5.57. The van der Waals surface area contributed by atoms with E-state index in [0.717, 1.165) is 29.9 Å². The minimum atomic E-state index is -0.857. The Morgan fingerprint density at radius 1 is 1.45 bits per heavy atom. The molecule has 1 aliphatic heterocycles. The number of carbonyl (C=O) groups is 2. The fraction of sp³-hybridized carbons (Fsp3) is 0.571. The number of ether oxygens (including phenoxy) is 2. The molecule has 1 fully saturated rings. The Bertz CT molecular complexity index is 612. The standard InChI is InChI=1S/C14H19BN2O4S/c1-15-11-9-8(16-6-7-21-9)10(22-11)12(18)17-14(4-3-5-14)13(19)20-2/h15-16H,3-7H2,1-2H3,(H,17,18). The zero-order valence-corrected chi connectivity index (χ0v) is 13.6. The lowest BCUT2D eigenvalue weighted by molar-refractivity contribution is -0.152. The third kappa shape index (κ3) is 2.35. The Labute approximate surface area is 133 Å². The molecule has 8 heteroatoms. The van der Waals surface area contributed by atoms with E-state index in [9.17, 15) is 9.59 Å². The summed E-state index contributed by atoms with van der Waals surface area (Å²) in [5, 5.41) is 6.13. The van der Waals surface area contributed by atoms with Crippen molar-refractivity contribution in [3.63, 3.8) is 0 Å². The van der Waals surface area contributed by atoms with E-state index in [2.05, 4.69) is 10.6 Å². The van der Waals surface area contributed by atoms with Crippen LogP contribution in [0.4, 0.5) is 5.69 Å². The van der Waals surface area contributed by atoms with Crippen LogP contribution in [0, 0.1) is 0 Å². The first-order valence-corrected chi connectivity index (χ1v) is 8.36. The maximum Gasteiger partial charge on any atom is 0.331 e. The molecular formula is C14H19BN2O4S. The first kappa shape index (κ1) is 15.2. The second-order valence-corrected chi connectivity index (χ2v) is 6.67. The van der Waals surface area contributed by atoms with Gasteiger partial charge < -0.3 is 20.1 Å². The van der Waals surface area contributed by atoms with Crippen LogP contribution in [-0.2, 0) is 9.53 Å². The van der Waals surface area contributed by atoms with Gasteiger partial charge in [-0.3, -0.25) is 4.79 Å². The van der Waals surface area contributed by atoms with Gasteiger partial charge >= 0.3 is 5.97 Å². The van der Waals surface area contributed by atoms with Crippen LogP contribution in [0.25, 0.3) is 0 Å². The van der Waals surface area contributed by atoms with Crippen LogP contribution in [0.3, 0.4) is 0 Å². The molecule has 118 valence electrons. The minimum Gasteiger partial charge on any atom is -0.489 e. The van der Waals surface area contributed by atoms with Gasteiger partial charge in [0.2, 0.25) is 0 Å². The topological polar surface area (TPSA) is 76.7 Å². The Balaban J connectivity index is 1.86. The van der Waals surface area contributed by atoms with Crippen LogP contribution in [0.1, 0.15) is 28.9 Å². The molecule has 3 rings (SSSR count). The smallest absolute Gasteiger partial charge is 0.331 e. The molecule has 0 saturated heterocycles. The van der Waals surface area contributed by atoms with Crippen molar-refractivity contribution in [2.45, 2.75) is 31.6 Å². The van der Waals surface area contributed by atoms with Gasteiger partial charge in [0.1, 0.15) is 28.5 Å². The molecule has 1 aliphatic carbocycles. The molecule has 2 N–H and O–H groups in total. The van der Waals surface area contributed by atoms with Crippen molar-refractivity contribution < 1.29 is 19.1 Å². The Kier molecular flexibility index (Phi) is 4.03. The van der Waals surface area contributed by atoms with E-state index in [1.54, 1.807) is 0 Å². The molecule has 1 aromatic rings. The van der Waals surface area contributed by atoms with E-state index in [0.29, 0.717) is 30.9 Å². The summed E-state index contributed by atoms with van der Waals surface area (Å²) < 4.78 is 11.6. The molecule has 0 spiro atoms. The van der Waals surface area contributed by atoms with E-state index in [1.807, 2.05) is 6.82 Å². The van der Waals surface area contributed by atoms with Crippen LogP contribution in [0.5, 0.6) is 5.75 Å². The van der Waals surface area contributed by atoms with Crippen molar-refractivity contribution in [3.05, 3.63) is 4.88 Å². The largest absolute Gasteiger partial charge is 0.489 e. The third-order valence-corrected chi connectivity index (χ3v) is 5.56. The molecule has 1 aromatic heterocycles. The highest BCUT2D eigenvalue weighted by Crippen LogP contribution is 2.37. The van der Waals surface area contributed by atoms with Crippen molar-refractivity contribution in [2.24, 2.45) is 0 Å². The van der Waals surface area contributed by atoms with Gasteiger partial charge in [-0.05, 0) is 19.3 Å². The number of hydrogen-bond acceptors (Lipinski definition) is 6. The first-order valence-electron chi connectivity index (χ1n) is 7.54. The minimum absolute atomic E-state index is 0.232. The van der Waals surface area contributed by atoms with E-state index in [4.69, 9.17) is 9.47 Å². The van der Waals surface area contributed by atoms with E-state index in [-0.39, 0.29) is 11.9 Å². The maximum absolute atomic E-state index is 12.7. The second kappa shape index (κ2) is 5.83. The van der Waals surface area contributed by atoms with Gasteiger partial charge in [-0.15, -0.1) is 11.3 Å². The molecule has 1 saturated carbocycles. The SMILES string of the molecule is CBc1sc(C(=O)NC2(C(=O)OC)CCC2)c2c1OCCN2. The van der Waals surface area contributed by atoms with Crippen LogP contribution in [0.2, 0.25) is 6.82 Å². The fourth-order valence-corrected chi connectivity index (χ4v) is 3.93. The van der Waals surface area contributed by atoms with Crippen LogP contribution >= 0.6 is 11.3 Å². The summed E-state index contributed by atoms with van der Waals surface area (Å²) in [5.74, 6) is 0.186. The normalized spacial score (nSPS) is 18.1. The summed E-state index contributed by atoms with van der Waals surface area (Å²) in [6.07, 6.45) is 2.17.